The number of allylic oxidation sites excluding steroid dienone is 2. The van der Waals surface area contributed by atoms with Gasteiger partial charge in [-0.1, -0.05) is 12.5 Å². The monoisotopic (exact) mass is 346 g/mol. The lowest BCUT2D eigenvalue weighted by Crippen LogP contribution is -2.46. The van der Waals surface area contributed by atoms with Gasteiger partial charge in [-0.2, -0.15) is 0 Å². The highest BCUT2D eigenvalue weighted by Gasteiger charge is 2.60. The average Bonchev–Trinajstić information content (AvgIpc) is 2.85. The van der Waals surface area contributed by atoms with E-state index in [-0.39, 0.29) is 47.4 Å². The Kier molecular flexibility index (Phi) is 4.82. The maximum Gasteiger partial charge on any atom is 0.159 e. The van der Waals surface area contributed by atoms with E-state index in [1.54, 1.807) is 19.1 Å². The normalized spacial score (nSPS) is 43.5. The molecule has 3 rings (SSSR count). The molecule has 0 spiro atoms. The number of Topliss-reactive ketones (excluding diaryl/α,β-unsaturated/α-hetero) is 1. The Morgan fingerprint density at radius 3 is 2.76 bits per heavy atom. The number of ether oxygens (including phenoxy) is 2. The molecule has 2 heterocycles. The number of aldehydes is 1. The van der Waals surface area contributed by atoms with Crippen LogP contribution < -0.4 is 0 Å². The van der Waals surface area contributed by atoms with Crippen molar-refractivity contribution >= 4 is 17.9 Å². The van der Waals surface area contributed by atoms with Crippen LogP contribution in [0.2, 0.25) is 0 Å². The lowest BCUT2D eigenvalue weighted by Gasteiger charge is -2.37. The topological polar surface area (TPSA) is 69.7 Å². The van der Waals surface area contributed by atoms with Gasteiger partial charge in [0.1, 0.15) is 17.7 Å². The van der Waals surface area contributed by atoms with Crippen LogP contribution in [0.4, 0.5) is 0 Å². The molecule has 3 aliphatic rings. The summed E-state index contributed by atoms with van der Waals surface area (Å²) in [6.07, 6.45) is 5.31. The summed E-state index contributed by atoms with van der Waals surface area (Å²) in [5.41, 5.74) is 0.187. The van der Waals surface area contributed by atoms with E-state index in [1.807, 2.05) is 20.8 Å². The third kappa shape index (κ3) is 3.04. The molecule has 0 bridgehead atoms. The van der Waals surface area contributed by atoms with Gasteiger partial charge in [-0.3, -0.25) is 14.4 Å². The molecule has 2 saturated heterocycles. The minimum Gasteiger partial charge on any atom is -0.370 e. The molecule has 0 aromatic rings. The summed E-state index contributed by atoms with van der Waals surface area (Å²) in [4.78, 5) is 35.3. The minimum atomic E-state index is -0.795. The Hall–Kier alpha value is -1.59. The summed E-state index contributed by atoms with van der Waals surface area (Å²) in [7, 11) is 0. The van der Waals surface area contributed by atoms with Crippen molar-refractivity contribution in [2.75, 3.05) is 6.61 Å². The fourth-order valence-electron chi connectivity index (χ4n) is 4.92. The van der Waals surface area contributed by atoms with E-state index >= 15 is 0 Å². The highest BCUT2D eigenvalue weighted by Crippen LogP contribution is 2.53. The number of hydrogen-bond acceptors (Lipinski definition) is 5. The summed E-state index contributed by atoms with van der Waals surface area (Å²) in [6.45, 7) is 7.87. The van der Waals surface area contributed by atoms with Gasteiger partial charge in [0, 0.05) is 24.2 Å². The maximum absolute atomic E-state index is 12.7. The van der Waals surface area contributed by atoms with Crippen LogP contribution in [0.15, 0.2) is 23.8 Å². The SMILES string of the molecule is CC(=O)C[C@@H]1O[C@H]2[C@@H]3[C@H]1C(C)=CC(=O)[C@@H]3[C@@H](C)CO[C@@]2(C)/C=C/C=O. The van der Waals surface area contributed by atoms with Crippen LogP contribution in [-0.4, -0.2) is 42.3 Å². The molecule has 5 heteroatoms. The van der Waals surface area contributed by atoms with Gasteiger partial charge in [0.05, 0.1) is 18.8 Å². The largest absolute Gasteiger partial charge is 0.370 e. The molecule has 2 fully saturated rings. The summed E-state index contributed by atoms with van der Waals surface area (Å²) in [5.74, 6) is 0.0582. The molecule has 25 heavy (non-hydrogen) atoms. The number of carbonyl (C=O) groups excluding carboxylic acids is 3. The van der Waals surface area contributed by atoms with Gasteiger partial charge in [-0.25, -0.2) is 0 Å². The molecule has 7 atom stereocenters. The molecule has 0 aromatic heterocycles. The van der Waals surface area contributed by atoms with Gasteiger partial charge in [0.2, 0.25) is 0 Å². The second-order valence-electron chi connectivity index (χ2n) is 7.89. The standard InChI is InChI=1S/C20H26O5/c1-11-8-14(23)16-12(2)10-24-20(4,6-5-7-21)19-18(16)17(11)15(25-19)9-13(3)22/h5-8,12,15-19H,9-10H2,1-4H3/b6-5+/t12-,15-,16-,17-,18-,19-,20-/m0/s1. The molecule has 0 saturated carbocycles. The average molecular weight is 346 g/mol. The molecular weight excluding hydrogens is 320 g/mol. The summed E-state index contributed by atoms with van der Waals surface area (Å²) < 4.78 is 12.5. The Morgan fingerprint density at radius 2 is 2.12 bits per heavy atom. The van der Waals surface area contributed by atoms with E-state index in [0.717, 1.165) is 11.9 Å². The van der Waals surface area contributed by atoms with Gasteiger partial charge in [0.25, 0.3) is 0 Å². The van der Waals surface area contributed by atoms with Crippen LogP contribution in [-0.2, 0) is 23.9 Å². The summed E-state index contributed by atoms with van der Waals surface area (Å²) >= 11 is 0. The Labute approximate surface area is 148 Å². The van der Waals surface area contributed by atoms with Crippen molar-refractivity contribution in [3.8, 4) is 0 Å². The molecule has 0 amide bonds. The van der Waals surface area contributed by atoms with E-state index in [9.17, 15) is 14.4 Å². The predicted octanol–water partition coefficient (Wildman–Crippen LogP) is 2.29. The van der Waals surface area contributed by atoms with Crippen LogP contribution in [0.3, 0.4) is 0 Å². The van der Waals surface area contributed by atoms with Crippen molar-refractivity contribution in [1.82, 2.24) is 0 Å². The number of carbonyl (C=O) groups is 3. The first-order valence-corrected chi connectivity index (χ1v) is 8.92. The molecule has 2 aliphatic heterocycles. The van der Waals surface area contributed by atoms with Crippen LogP contribution in [0.5, 0.6) is 0 Å². The van der Waals surface area contributed by atoms with Crippen molar-refractivity contribution in [2.45, 2.75) is 51.9 Å². The first-order chi connectivity index (χ1) is 11.8. The lowest BCUT2D eigenvalue weighted by atomic mass is 9.63. The van der Waals surface area contributed by atoms with Gasteiger partial charge >= 0.3 is 0 Å². The van der Waals surface area contributed by atoms with Gasteiger partial charge in [-0.05, 0) is 44.9 Å². The van der Waals surface area contributed by atoms with Gasteiger partial charge in [-0.15, -0.1) is 0 Å². The summed E-state index contributed by atoms with van der Waals surface area (Å²) in [5, 5.41) is 0. The Balaban J connectivity index is 2.09. The van der Waals surface area contributed by atoms with Crippen molar-refractivity contribution in [1.29, 1.82) is 0 Å². The molecule has 1 aliphatic carbocycles. The molecular formula is C20H26O5. The molecule has 0 N–H and O–H groups in total. The van der Waals surface area contributed by atoms with Crippen molar-refractivity contribution in [2.24, 2.45) is 23.7 Å². The fraction of sp³-hybridized carbons (Fsp3) is 0.650. The van der Waals surface area contributed by atoms with E-state index in [1.165, 1.54) is 6.08 Å². The zero-order valence-electron chi connectivity index (χ0n) is 15.2. The van der Waals surface area contributed by atoms with E-state index in [4.69, 9.17) is 9.47 Å². The zero-order chi connectivity index (χ0) is 18.4. The number of rotatable bonds is 4. The molecule has 136 valence electrons. The molecule has 0 radical (unpaired) electrons. The quantitative estimate of drug-likeness (QED) is 0.577. The third-order valence-electron chi connectivity index (χ3n) is 5.95. The van der Waals surface area contributed by atoms with Crippen LogP contribution >= 0.6 is 0 Å². The van der Waals surface area contributed by atoms with Gasteiger partial charge in [0.15, 0.2) is 5.78 Å². The Bertz CT molecular complexity index is 648. The molecule has 0 aromatic carbocycles. The fourth-order valence-corrected chi connectivity index (χ4v) is 4.92. The van der Waals surface area contributed by atoms with Crippen molar-refractivity contribution in [3.05, 3.63) is 23.8 Å². The minimum absolute atomic E-state index is 0.0321. The molecule has 0 unspecified atom stereocenters. The van der Waals surface area contributed by atoms with Crippen LogP contribution in [0.25, 0.3) is 0 Å². The predicted molar refractivity (Wildman–Crippen MR) is 91.9 cm³/mol. The van der Waals surface area contributed by atoms with Crippen molar-refractivity contribution < 1.29 is 23.9 Å². The highest BCUT2D eigenvalue weighted by atomic mass is 16.6. The Morgan fingerprint density at radius 1 is 1.40 bits per heavy atom. The summed E-state index contributed by atoms with van der Waals surface area (Å²) in [6, 6.07) is 0. The zero-order valence-corrected chi connectivity index (χ0v) is 15.2. The smallest absolute Gasteiger partial charge is 0.159 e. The maximum atomic E-state index is 12.7. The first kappa shape index (κ1) is 18.2. The van der Waals surface area contributed by atoms with E-state index in [2.05, 4.69) is 0 Å². The second kappa shape index (κ2) is 6.61. The third-order valence-corrected chi connectivity index (χ3v) is 5.95. The van der Waals surface area contributed by atoms with Crippen LogP contribution in [0.1, 0.15) is 34.1 Å². The highest BCUT2D eigenvalue weighted by molar-refractivity contribution is 5.94. The first-order valence-electron chi connectivity index (χ1n) is 8.92. The molecule has 5 nitrogen and oxygen atoms in total. The van der Waals surface area contributed by atoms with Crippen LogP contribution in [0, 0.1) is 23.7 Å². The second-order valence-corrected chi connectivity index (χ2v) is 7.89. The van der Waals surface area contributed by atoms with Gasteiger partial charge < -0.3 is 9.47 Å². The number of hydrogen-bond donors (Lipinski definition) is 0. The lowest BCUT2D eigenvalue weighted by molar-refractivity contribution is -0.127. The van der Waals surface area contributed by atoms with E-state index < -0.39 is 5.60 Å². The number of ketones is 2. The van der Waals surface area contributed by atoms with E-state index in [0.29, 0.717) is 13.0 Å². The van der Waals surface area contributed by atoms with Crippen molar-refractivity contribution in [3.63, 3.8) is 0 Å².